The van der Waals surface area contributed by atoms with E-state index in [9.17, 15) is 5.11 Å². The molecule has 0 aliphatic heterocycles. The van der Waals surface area contributed by atoms with Crippen molar-refractivity contribution in [3.05, 3.63) is 23.7 Å². The number of halogens is 1. The van der Waals surface area contributed by atoms with Crippen LogP contribution in [0.3, 0.4) is 0 Å². The Labute approximate surface area is 109 Å². The monoisotopic (exact) mass is 268 g/mol. The minimum absolute atomic E-state index is 0.0618. The van der Waals surface area contributed by atoms with Gasteiger partial charge in [-0.2, -0.15) is 20.1 Å². The number of rotatable bonds is 4. The van der Waals surface area contributed by atoms with Gasteiger partial charge in [-0.05, 0) is 31.5 Å². The summed E-state index contributed by atoms with van der Waals surface area (Å²) in [5, 5.41) is 16.2. The van der Waals surface area contributed by atoms with Crippen molar-refractivity contribution in [1.82, 2.24) is 24.7 Å². The molecule has 0 spiro atoms. The van der Waals surface area contributed by atoms with E-state index >= 15 is 0 Å². The number of aliphatic hydroxyl groups is 1. The summed E-state index contributed by atoms with van der Waals surface area (Å²) in [5.74, 6) is 0.607. The van der Waals surface area contributed by atoms with Gasteiger partial charge in [0.15, 0.2) is 0 Å². The Morgan fingerprint density at radius 2 is 2.17 bits per heavy atom. The van der Waals surface area contributed by atoms with Gasteiger partial charge >= 0.3 is 0 Å². The predicted octanol–water partition coefficient (Wildman–Crippen LogP) is 0.893. The Kier molecular flexibility index (Phi) is 3.44. The number of aliphatic hydroxyl groups excluding tert-OH is 1. The van der Waals surface area contributed by atoms with Gasteiger partial charge in [0.2, 0.25) is 11.2 Å². The molecule has 8 heteroatoms. The Morgan fingerprint density at radius 1 is 1.39 bits per heavy atom. The minimum Gasteiger partial charge on any atom is -0.394 e. The van der Waals surface area contributed by atoms with Crippen LogP contribution in [0.1, 0.15) is 13.8 Å². The zero-order valence-electron chi connectivity index (χ0n) is 10.0. The summed E-state index contributed by atoms with van der Waals surface area (Å²) in [6.45, 7) is 3.57. The second-order valence-corrected chi connectivity index (χ2v) is 4.68. The SMILES string of the molecule is CC(C)(CO)Nc1nc(Cl)nc(-n2cccn2)n1. The highest BCUT2D eigenvalue weighted by Gasteiger charge is 2.18. The second kappa shape index (κ2) is 4.87. The topological polar surface area (TPSA) is 88.8 Å². The number of anilines is 1. The van der Waals surface area contributed by atoms with Crippen LogP contribution < -0.4 is 5.32 Å². The third-order valence-electron chi connectivity index (χ3n) is 2.15. The van der Waals surface area contributed by atoms with Gasteiger partial charge in [0.05, 0.1) is 12.1 Å². The molecule has 0 aliphatic rings. The smallest absolute Gasteiger partial charge is 0.256 e. The zero-order chi connectivity index (χ0) is 13.2. The molecular weight excluding hydrogens is 256 g/mol. The van der Waals surface area contributed by atoms with Crippen molar-refractivity contribution in [2.45, 2.75) is 19.4 Å². The number of hydrogen-bond acceptors (Lipinski definition) is 6. The van der Waals surface area contributed by atoms with Crippen LogP contribution in [0.2, 0.25) is 5.28 Å². The lowest BCUT2D eigenvalue weighted by Crippen LogP contribution is -2.36. The van der Waals surface area contributed by atoms with Crippen LogP contribution >= 0.6 is 11.6 Å². The molecule has 7 nitrogen and oxygen atoms in total. The summed E-state index contributed by atoms with van der Waals surface area (Å²) in [6.07, 6.45) is 3.31. The van der Waals surface area contributed by atoms with Crippen molar-refractivity contribution in [3.63, 3.8) is 0 Å². The molecule has 0 aliphatic carbocycles. The molecule has 0 amide bonds. The zero-order valence-corrected chi connectivity index (χ0v) is 10.8. The molecule has 0 unspecified atom stereocenters. The Hall–Kier alpha value is -1.73. The highest BCUT2D eigenvalue weighted by molar-refractivity contribution is 6.28. The van der Waals surface area contributed by atoms with E-state index in [-0.39, 0.29) is 11.9 Å². The van der Waals surface area contributed by atoms with Gasteiger partial charge in [-0.15, -0.1) is 0 Å². The summed E-state index contributed by atoms with van der Waals surface area (Å²) >= 11 is 5.83. The van der Waals surface area contributed by atoms with Crippen LogP contribution in [0, 0.1) is 0 Å². The molecule has 2 aromatic rings. The Morgan fingerprint density at radius 3 is 2.78 bits per heavy atom. The van der Waals surface area contributed by atoms with Gasteiger partial charge in [0.25, 0.3) is 5.95 Å². The van der Waals surface area contributed by atoms with Crippen molar-refractivity contribution in [3.8, 4) is 5.95 Å². The first-order chi connectivity index (χ1) is 8.50. The van der Waals surface area contributed by atoms with Crippen LogP contribution in [-0.4, -0.2) is 42.0 Å². The van der Waals surface area contributed by atoms with Gasteiger partial charge in [0, 0.05) is 12.4 Å². The van der Waals surface area contributed by atoms with Crippen LogP contribution in [0.4, 0.5) is 5.95 Å². The summed E-state index contributed by atoms with van der Waals surface area (Å²) in [6, 6.07) is 1.75. The van der Waals surface area contributed by atoms with E-state index in [0.717, 1.165) is 0 Å². The Bertz CT molecular complexity index is 527. The molecule has 2 heterocycles. The van der Waals surface area contributed by atoms with E-state index < -0.39 is 5.54 Å². The number of aromatic nitrogens is 5. The Balaban J connectivity index is 2.33. The lowest BCUT2D eigenvalue weighted by atomic mass is 10.1. The largest absolute Gasteiger partial charge is 0.394 e. The van der Waals surface area contributed by atoms with E-state index in [4.69, 9.17) is 11.6 Å². The first-order valence-corrected chi connectivity index (χ1v) is 5.69. The molecule has 2 N–H and O–H groups in total. The molecule has 0 saturated carbocycles. The summed E-state index contributed by atoms with van der Waals surface area (Å²) in [7, 11) is 0. The van der Waals surface area contributed by atoms with Gasteiger partial charge in [-0.1, -0.05) is 0 Å². The van der Waals surface area contributed by atoms with Crippen molar-refractivity contribution in [2.75, 3.05) is 11.9 Å². The minimum atomic E-state index is -0.550. The van der Waals surface area contributed by atoms with Gasteiger partial charge in [0.1, 0.15) is 0 Å². The molecule has 0 radical (unpaired) electrons. The number of hydrogen-bond donors (Lipinski definition) is 2. The average molecular weight is 269 g/mol. The maximum absolute atomic E-state index is 9.19. The number of nitrogens with zero attached hydrogens (tertiary/aromatic N) is 5. The number of nitrogens with one attached hydrogen (secondary N) is 1. The van der Waals surface area contributed by atoms with E-state index in [1.54, 1.807) is 18.5 Å². The highest BCUT2D eigenvalue weighted by atomic mass is 35.5. The normalized spacial score (nSPS) is 11.6. The lowest BCUT2D eigenvalue weighted by molar-refractivity contribution is 0.233. The van der Waals surface area contributed by atoms with Crippen LogP contribution in [-0.2, 0) is 0 Å². The fourth-order valence-electron chi connectivity index (χ4n) is 1.23. The molecule has 0 atom stereocenters. The standard InChI is InChI=1S/C10H13ClN6O/c1-10(2,6-18)16-8-13-7(11)14-9(15-8)17-5-3-4-12-17/h3-5,18H,6H2,1-2H3,(H,13,14,15,16). The van der Waals surface area contributed by atoms with E-state index in [0.29, 0.717) is 11.9 Å². The van der Waals surface area contributed by atoms with Gasteiger partial charge < -0.3 is 10.4 Å². The first-order valence-electron chi connectivity index (χ1n) is 5.31. The molecule has 0 aromatic carbocycles. The van der Waals surface area contributed by atoms with E-state index in [1.165, 1.54) is 4.68 Å². The van der Waals surface area contributed by atoms with Crippen LogP contribution in [0.5, 0.6) is 0 Å². The van der Waals surface area contributed by atoms with Crippen molar-refractivity contribution < 1.29 is 5.11 Å². The molecule has 96 valence electrons. The first kappa shape index (κ1) is 12.7. The fraction of sp³-hybridized carbons (Fsp3) is 0.400. The van der Waals surface area contributed by atoms with Gasteiger partial charge in [-0.25, -0.2) is 4.68 Å². The molecule has 2 aromatic heterocycles. The lowest BCUT2D eigenvalue weighted by Gasteiger charge is -2.23. The van der Waals surface area contributed by atoms with Crippen molar-refractivity contribution in [1.29, 1.82) is 0 Å². The third-order valence-corrected chi connectivity index (χ3v) is 2.32. The maximum Gasteiger partial charge on any atom is 0.256 e. The van der Waals surface area contributed by atoms with E-state index in [2.05, 4.69) is 25.4 Å². The summed E-state index contributed by atoms with van der Waals surface area (Å²) in [4.78, 5) is 12.1. The van der Waals surface area contributed by atoms with Crippen LogP contribution in [0.15, 0.2) is 18.5 Å². The predicted molar refractivity (Wildman–Crippen MR) is 66.7 cm³/mol. The summed E-state index contributed by atoms with van der Waals surface area (Å²) < 4.78 is 1.48. The van der Waals surface area contributed by atoms with E-state index in [1.807, 2.05) is 13.8 Å². The molecule has 0 saturated heterocycles. The highest BCUT2D eigenvalue weighted by Crippen LogP contribution is 2.13. The summed E-state index contributed by atoms with van der Waals surface area (Å²) in [5.41, 5.74) is -0.550. The van der Waals surface area contributed by atoms with Crippen molar-refractivity contribution in [2.24, 2.45) is 0 Å². The quantitative estimate of drug-likeness (QED) is 0.856. The fourth-order valence-corrected chi connectivity index (χ4v) is 1.38. The van der Waals surface area contributed by atoms with Crippen molar-refractivity contribution >= 4 is 17.5 Å². The van der Waals surface area contributed by atoms with Gasteiger partial charge in [-0.3, -0.25) is 0 Å². The average Bonchev–Trinajstić information content (AvgIpc) is 2.81. The maximum atomic E-state index is 9.19. The third kappa shape index (κ3) is 2.93. The molecule has 18 heavy (non-hydrogen) atoms. The molecule has 2 rings (SSSR count). The van der Waals surface area contributed by atoms with Crippen LogP contribution in [0.25, 0.3) is 5.95 Å². The molecular formula is C10H13ClN6O. The second-order valence-electron chi connectivity index (χ2n) is 4.35. The molecule has 0 bridgehead atoms. The molecule has 0 fully saturated rings.